The van der Waals surface area contributed by atoms with Gasteiger partial charge in [-0.05, 0) is 97.7 Å². The number of rotatable bonds is 13. The van der Waals surface area contributed by atoms with Crippen LogP contribution in [0.4, 0.5) is 4.39 Å². The molecule has 0 spiro atoms. The lowest BCUT2D eigenvalue weighted by molar-refractivity contribution is -0.143. The van der Waals surface area contributed by atoms with Crippen molar-refractivity contribution >= 4 is 17.1 Å². The van der Waals surface area contributed by atoms with Crippen molar-refractivity contribution in [1.82, 2.24) is 0 Å². The molecule has 3 aromatic rings. The van der Waals surface area contributed by atoms with Crippen molar-refractivity contribution in [2.45, 2.75) is 69.1 Å². The van der Waals surface area contributed by atoms with Gasteiger partial charge in [0.25, 0.3) is 0 Å². The van der Waals surface area contributed by atoms with E-state index in [4.69, 9.17) is 14.2 Å². The van der Waals surface area contributed by atoms with Gasteiger partial charge in [0.05, 0.1) is 20.1 Å². The zero-order valence-electron chi connectivity index (χ0n) is 23.1. The molecule has 1 aliphatic rings. The maximum atomic E-state index is 14.8. The fourth-order valence-electron chi connectivity index (χ4n) is 4.68. The summed E-state index contributed by atoms with van der Waals surface area (Å²) in [5, 5.41) is -0.145. The molecule has 1 aliphatic carbocycles. The second-order valence-corrected chi connectivity index (χ2v) is 12.2. The lowest BCUT2D eigenvalue weighted by Crippen LogP contribution is -2.16. The Balaban J connectivity index is 1.55. The van der Waals surface area contributed by atoms with Gasteiger partial charge in [-0.2, -0.15) is 0 Å². The minimum atomic E-state index is -1.35. The molecule has 0 amide bonds. The van der Waals surface area contributed by atoms with E-state index in [0.29, 0.717) is 46.5 Å². The van der Waals surface area contributed by atoms with Crippen molar-refractivity contribution in [3.63, 3.8) is 0 Å². The number of methoxy groups -OCH3 is 1. The Morgan fingerprint density at radius 3 is 2.54 bits per heavy atom. The van der Waals surface area contributed by atoms with Crippen LogP contribution in [0.3, 0.4) is 0 Å². The first-order valence-electron chi connectivity index (χ1n) is 13.5. The monoisotopic (exact) mass is 552 g/mol. The Morgan fingerprint density at radius 1 is 1.05 bits per heavy atom. The zero-order chi connectivity index (χ0) is 27.9. The van der Waals surface area contributed by atoms with E-state index in [0.717, 1.165) is 17.5 Å². The van der Waals surface area contributed by atoms with Gasteiger partial charge in [-0.1, -0.05) is 31.0 Å². The van der Waals surface area contributed by atoms with Crippen LogP contribution in [0.25, 0.3) is 11.1 Å². The number of hydrogen-bond acceptors (Lipinski definition) is 5. The van der Waals surface area contributed by atoms with E-state index in [1.54, 1.807) is 18.2 Å². The highest BCUT2D eigenvalue weighted by Crippen LogP contribution is 2.41. The van der Waals surface area contributed by atoms with Crippen molar-refractivity contribution in [2.24, 2.45) is 5.92 Å². The molecule has 5 nitrogen and oxygen atoms in total. The average molecular weight is 553 g/mol. The molecule has 7 heteroatoms. The summed E-state index contributed by atoms with van der Waals surface area (Å²) in [6.07, 6.45) is 3.76. The highest BCUT2D eigenvalue weighted by atomic mass is 32.2. The molecule has 0 heterocycles. The minimum Gasteiger partial charge on any atom is -0.611 e. The first-order valence-corrected chi connectivity index (χ1v) is 14.8. The number of hydrogen-bond donors (Lipinski definition) is 0. The fourth-order valence-corrected chi connectivity index (χ4v) is 5.85. The molecule has 0 aliphatic heterocycles. The molecule has 0 aromatic heterocycles. The maximum absolute atomic E-state index is 14.8. The molecule has 4 rings (SSSR count). The van der Waals surface area contributed by atoms with Gasteiger partial charge in [0.2, 0.25) is 0 Å². The Hall–Kier alpha value is -3.03. The quantitative estimate of drug-likeness (QED) is 0.163. The van der Waals surface area contributed by atoms with Crippen LogP contribution in [0.5, 0.6) is 11.5 Å². The van der Waals surface area contributed by atoms with Crippen molar-refractivity contribution < 1.29 is 27.9 Å². The molecule has 0 radical (unpaired) electrons. The topological polar surface area (TPSA) is 67.8 Å². The van der Waals surface area contributed by atoms with Crippen molar-refractivity contribution in [3.8, 4) is 22.6 Å². The van der Waals surface area contributed by atoms with Gasteiger partial charge in [0, 0.05) is 17.2 Å². The minimum absolute atomic E-state index is 0.0946. The van der Waals surface area contributed by atoms with Crippen molar-refractivity contribution in [2.75, 3.05) is 13.7 Å². The van der Waals surface area contributed by atoms with Gasteiger partial charge in [0.15, 0.2) is 4.90 Å². The summed E-state index contributed by atoms with van der Waals surface area (Å²) in [5.41, 5.74) is 2.82. The molecule has 1 saturated carbocycles. The summed E-state index contributed by atoms with van der Waals surface area (Å²) >= 11 is -1.35. The Kier molecular flexibility index (Phi) is 9.92. The lowest BCUT2D eigenvalue weighted by atomic mass is 9.90. The van der Waals surface area contributed by atoms with Gasteiger partial charge >= 0.3 is 5.97 Å². The Bertz CT molecular complexity index is 1270. The second-order valence-electron chi connectivity index (χ2n) is 10.3. The first-order chi connectivity index (χ1) is 18.8. The molecule has 2 atom stereocenters. The van der Waals surface area contributed by atoms with Gasteiger partial charge in [-0.15, -0.1) is 0 Å². The largest absolute Gasteiger partial charge is 0.611 e. The molecule has 3 aromatic carbocycles. The molecular formula is C32H37FO5S. The van der Waals surface area contributed by atoms with Crippen molar-refractivity contribution in [3.05, 3.63) is 77.6 Å². The molecule has 1 fully saturated rings. The number of benzene rings is 3. The summed E-state index contributed by atoms with van der Waals surface area (Å²) in [6, 6.07) is 17.9. The standard InChI is InChI=1S/C32H37FO5S/c1-5-37-32(34)18-25(15-22-9-10-22)24-7-6-8-27(17-24)38-20-23-11-13-28(31(16-23)39(35)21(2)3)29-19-26(36-4)12-14-30(29)33/h6-8,11-14,16-17,19,21-22,25H,5,9-10,15,18,20H2,1-4H3/t25-,39+/m0/s1. The van der Waals surface area contributed by atoms with Crippen LogP contribution < -0.4 is 9.47 Å². The number of carbonyl (C=O) groups excluding carboxylic acids is 1. The zero-order valence-corrected chi connectivity index (χ0v) is 23.9. The Labute approximate surface area is 233 Å². The SMILES string of the molecule is CCOC(=O)C[C@H](CC1CC1)c1cccc(OCc2ccc(-c3cc(OC)ccc3F)c([S@+]([O-])C(C)C)c2)c1. The summed E-state index contributed by atoms with van der Waals surface area (Å²) in [6.45, 7) is 6.22. The molecule has 0 bridgehead atoms. The van der Waals surface area contributed by atoms with Gasteiger partial charge in [0.1, 0.15) is 29.2 Å². The summed E-state index contributed by atoms with van der Waals surface area (Å²) < 4.78 is 44.7. The average Bonchev–Trinajstić information content (AvgIpc) is 3.76. The van der Waals surface area contributed by atoms with E-state index in [1.165, 1.54) is 26.0 Å². The van der Waals surface area contributed by atoms with Crippen LogP contribution in [0.15, 0.2) is 65.6 Å². The Morgan fingerprint density at radius 2 is 1.85 bits per heavy atom. The van der Waals surface area contributed by atoms with Crippen LogP contribution in [-0.2, 0) is 27.3 Å². The molecule has 0 N–H and O–H groups in total. The molecule has 0 saturated heterocycles. The van der Waals surface area contributed by atoms with Gasteiger partial charge in [-0.25, -0.2) is 4.39 Å². The second kappa shape index (κ2) is 13.4. The van der Waals surface area contributed by atoms with E-state index >= 15 is 0 Å². The lowest BCUT2D eigenvalue weighted by Gasteiger charge is -2.19. The smallest absolute Gasteiger partial charge is 0.306 e. The van der Waals surface area contributed by atoms with Crippen LogP contribution in [-0.4, -0.2) is 29.5 Å². The molecule has 39 heavy (non-hydrogen) atoms. The third kappa shape index (κ3) is 7.76. The van der Waals surface area contributed by atoms with E-state index < -0.39 is 17.0 Å². The van der Waals surface area contributed by atoms with Crippen LogP contribution in [0.2, 0.25) is 0 Å². The molecular weight excluding hydrogens is 515 g/mol. The van der Waals surface area contributed by atoms with E-state index in [9.17, 15) is 13.7 Å². The third-order valence-electron chi connectivity index (χ3n) is 6.92. The molecule has 208 valence electrons. The first kappa shape index (κ1) is 29.0. The predicted octanol–water partition coefficient (Wildman–Crippen LogP) is 7.43. The van der Waals surface area contributed by atoms with Crippen LogP contribution in [0, 0.1) is 11.7 Å². The predicted molar refractivity (Wildman–Crippen MR) is 152 cm³/mol. The van der Waals surface area contributed by atoms with E-state index in [2.05, 4.69) is 0 Å². The third-order valence-corrected chi connectivity index (χ3v) is 8.55. The summed E-state index contributed by atoms with van der Waals surface area (Å²) in [7, 11) is 1.53. The van der Waals surface area contributed by atoms with Crippen LogP contribution >= 0.6 is 0 Å². The van der Waals surface area contributed by atoms with Gasteiger partial charge in [-0.3, -0.25) is 4.79 Å². The fraction of sp³-hybridized carbons (Fsp3) is 0.406. The summed E-state index contributed by atoms with van der Waals surface area (Å²) in [5.74, 6) is 1.42. The number of esters is 1. The van der Waals surface area contributed by atoms with Crippen LogP contribution in [0.1, 0.15) is 63.5 Å². The van der Waals surface area contributed by atoms with Crippen molar-refractivity contribution in [1.29, 1.82) is 0 Å². The van der Waals surface area contributed by atoms with E-state index in [1.807, 2.05) is 57.2 Å². The number of ether oxygens (including phenoxy) is 3. The highest BCUT2D eigenvalue weighted by Gasteiger charge is 2.28. The summed E-state index contributed by atoms with van der Waals surface area (Å²) in [4.78, 5) is 12.8. The molecule has 0 unspecified atom stereocenters. The normalized spacial score (nSPS) is 14.6. The van der Waals surface area contributed by atoms with Gasteiger partial charge < -0.3 is 18.8 Å². The highest BCUT2D eigenvalue weighted by molar-refractivity contribution is 7.92. The number of carbonyl (C=O) groups is 1. The maximum Gasteiger partial charge on any atom is 0.306 e. The number of halogens is 1. The van der Waals surface area contributed by atoms with E-state index in [-0.39, 0.29) is 23.7 Å².